The van der Waals surface area contributed by atoms with E-state index in [1.54, 1.807) is 0 Å². The summed E-state index contributed by atoms with van der Waals surface area (Å²) < 4.78 is 2.12. The highest BCUT2D eigenvalue weighted by atomic mass is 15.2. The summed E-state index contributed by atoms with van der Waals surface area (Å²) in [6.07, 6.45) is 4.29. The van der Waals surface area contributed by atoms with Gasteiger partial charge in [-0.1, -0.05) is 30.3 Å². The Bertz CT molecular complexity index is 742. The molecule has 21 heavy (non-hydrogen) atoms. The molecule has 1 aliphatic heterocycles. The van der Waals surface area contributed by atoms with Crippen LogP contribution in [0.1, 0.15) is 0 Å². The first-order valence-corrected chi connectivity index (χ1v) is 7.40. The monoisotopic (exact) mass is 278 g/mol. The molecule has 0 radical (unpaired) electrons. The molecule has 0 atom stereocenters. The predicted octanol–water partition coefficient (Wildman–Crippen LogP) is 2.41. The Hall–Kier alpha value is -2.33. The molecule has 4 heteroatoms. The number of fused-ring (bicyclic) bond motifs is 1. The van der Waals surface area contributed by atoms with Gasteiger partial charge >= 0.3 is 0 Å². The molecule has 2 aromatic heterocycles. The molecular formula is C17H18N4. The Kier molecular flexibility index (Phi) is 3.09. The maximum Gasteiger partial charge on any atom is 0.137 e. The number of benzene rings is 1. The third-order valence-corrected chi connectivity index (χ3v) is 3.99. The lowest BCUT2D eigenvalue weighted by Gasteiger charge is -2.29. The number of rotatable bonds is 2. The van der Waals surface area contributed by atoms with E-state index < -0.39 is 0 Å². The van der Waals surface area contributed by atoms with E-state index in [1.165, 1.54) is 5.69 Å². The number of hydrogen-bond donors (Lipinski definition) is 1. The fourth-order valence-electron chi connectivity index (χ4n) is 2.84. The summed E-state index contributed by atoms with van der Waals surface area (Å²) in [6, 6.07) is 14.6. The summed E-state index contributed by atoms with van der Waals surface area (Å²) in [6.45, 7) is 4.23. The van der Waals surface area contributed by atoms with E-state index in [-0.39, 0.29) is 0 Å². The fraction of sp³-hybridized carbons (Fsp3) is 0.235. The van der Waals surface area contributed by atoms with E-state index in [4.69, 9.17) is 4.98 Å². The zero-order chi connectivity index (χ0) is 14.1. The third-order valence-electron chi connectivity index (χ3n) is 3.99. The molecule has 1 N–H and O–H groups in total. The standard InChI is InChI=1S/C17H18N4/c1-2-4-14(5-3-1)16-13-21-12-15(6-7-17(21)19-16)20-10-8-18-9-11-20/h1-7,12-13,18H,8-11H2. The lowest BCUT2D eigenvalue weighted by Crippen LogP contribution is -2.43. The molecule has 0 unspecified atom stereocenters. The largest absolute Gasteiger partial charge is 0.368 e. The van der Waals surface area contributed by atoms with Crippen molar-refractivity contribution in [2.24, 2.45) is 0 Å². The summed E-state index contributed by atoms with van der Waals surface area (Å²) in [5.41, 5.74) is 4.44. The SMILES string of the molecule is c1ccc(-c2cn3cc(N4CCNCC4)ccc3n2)cc1. The van der Waals surface area contributed by atoms with E-state index >= 15 is 0 Å². The van der Waals surface area contributed by atoms with Gasteiger partial charge in [0.05, 0.1) is 11.4 Å². The van der Waals surface area contributed by atoms with Crippen LogP contribution in [0.15, 0.2) is 54.9 Å². The average Bonchev–Trinajstić information content (AvgIpc) is 2.99. The van der Waals surface area contributed by atoms with Crippen molar-refractivity contribution < 1.29 is 0 Å². The van der Waals surface area contributed by atoms with E-state index in [0.717, 1.165) is 43.1 Å². The molecular weight excluding hydrogens is 260 g/mol. The van der Waals surface area contributed by atoms with Gasteiger partial charge in [-0.05, 0) is 12.1 Å². The van der Waals surface area contributed by atoms with Crippen LogP contribution in [0.3, 0.4) is 0 Å². The highest BCUT2D eigenvalue weighted by molar-refractivity contribution is 5.64. The smallest absolute Gasteiger partial charge is 0.137 e. The van der Waals surface area contributed by atoms with Crippen molar-refractivity contribution in [3.8, 4) is 11.3 Å². The summed E-state index contributed by atoms with van der Waals surface area (Å²) in [5, 5.41) is 3.39. The first-order chi connectivity index (χ1) is 10.4. The van der Waals surface area contributed by atoms with Gasteiger partial charge in [0.25, 0.3) is 0 Å². The van der Waals surface area contributed by atoms with Gasteiger partial charge in [0.15, 0.2) is 0 Å². The molecule has 0 saturated carbocycles. The molecule has 4 nitrogen and oxygen atoms in total. The molecule has 0 bridgehead atoms. The molecule has 1 aliphatic rings. The van der Waals surface area contributed by atoms with Crippen molar-refractivity contribution in [1.29, 1.82) is 0 Å². The van der Waals surface area contributed by atoms with E-state index in [9.17, 15) is 0 Å². The lowest BCUT2D eigenvalue weighted by atomic mass is 10.2. The highest BCUT2D eigenvalue weighted by Crippen LogP contribution is 2.21. The van der Waals surface area contributed by atoms with Gasteiger partial charge in [-0.15, -0.1) is 0 Å². The summed E-state index contributed by atoms with van der Waals surface area (Å²) in [4.78, 5) is 7.12. The Morgan fingerprint density at radius 2 is 1.71 bits per heavy atom. The average molecular weight is 278 g/mol. The highest BCUT2D eigenvalue weighted by Gasteiger charge is 2.11. The number of nitrogens with zero attached hydrogens (tertiary/aromatic N) is 3. The maximum absolute atomic E-state index is 4.70. The minimum absolute atomic E-state index is 0.993. The Morgan fingerprint density at radius 1 is 0.905 bits per heavy atom. The van der Waals surface area contributed by atoms with Crippen molar-refractivity contribution in [2.45, 2.75) is 0 Å². The molecule has 0 spiro atoms. The van der Waals surface area contributed by atoms with Crippen LogP contribution < -0.4 is 10.2 Å². The molecule has 1 fully saturated rings. The summed E-state index contributed by atoms with van der Waals surface area (Å²) in [7, 11) is 0. The first kappa shape index (κ1) is 12.4. The zero-order valence-corrected chi connectivity index (χ0v) is 11.9. The predicted molar refractivity (Wildman–Crippen MR) is 85.7 cm³/mol. The first-order valence-electron chi connectivity index (χ1n) is 7.40. The number of anilines is 1. The number of aromatic nitrogens is 2. The van der Waals surface area contributed by atoms with E-state index in [0.29, 0.717) is 0 Å². The molecule has 106 valence electrons. The third kappa shape index (κ3) is 2.38. The van der Waals surface area contributed by atoms with Crippen LogP contribution in [-0.2, 0) is 0 Å². The Labute approximate surface area is 124 Å². The fourth-order valence-corrected chi connectivity index (χ4v) is 2.84. The van der Waals surface area contributed by atoms with Crippen LogP contribution in [0.5, 0.6) is 0 Å². The molecule has 4 rings (SSSR count). The summed E-state index contributed by atoms with van der Waals surface area (Å²) in [5.74, 6) is 0. The molecule has 0 aliphatic carbocycles. The van der Waals surface area contributed by atoms with Gasteiger partial charge in [-0.3, -0.25) is 0 Å². The Morgan fingerprint density at radius 3 is 2.52 bits per heavy atom. The second kappa shape index (κ2) is 5.22. The van der Waals surface area contributed by atoms with Gasteiger partial charge in [0.1, 0.15) is 5.65 Å². The lowest BCUT2D eigenvalue weighted by molar-refractivity contribution is 0.588. The van der Waals surface area contributed by atoms with Gasteiger partial charge < -0.3 is 14.6 Å². The van der Waals surface area contributed by atoms with Crippen LogP contribution in [0.25, 0.3) is 16.9 Å². The van der Waals surface area contributed by atoms with Crippen LogP contribution in [0.2, 0.25) is 0 Å². The number of piperazine rings is 1. The van der Waals surface area contributed by atoms with Gasteiger partial charge in [-0.25, -0.2) is 4.98 Å². The van der Waals surface area contributed by atoms with E-state index in [2.05, 4.69) is 51.3 Å². The zero-order valence-electron chi connectivity index (χ0n) is 11.9. The molecule has 1 saturated heterocycles. The second-order valence-corrected chi connectivity index (χ2v) is 5.38. The Balaban J connectivity index is 1.71. The van der Waals surface area contributed by atoms with E-state index in [1.807, 2.05) is 18.2 Å². The maximum atomic E-state index is 4.70. The van der Waals surface area contributed by atoms with Crippen LogP contribution in [0.4, 0.5) is 5.69 Å². The number of imidazole rings is 1. The topological polar surface area (TPSA) is 32.6 Å². The summed E-state index contributed by atoms with van der Waals surface area (Å²) >= 11 is 0. The van der Waals surface area contributed by atoms with Crippen LogP contribution in [-0.4, -0.2) is 35.6 Å². The molecule has 1 aromatic carbocycles. The minimum atomic E-state index is 0.993. The number of hydrogen-bond acceptors (Lipinski definition) is 3. The molecule has 0 amide bonds. The van der Waals surface area contributed by atoms with Crippen molar-refractivity contribution in [3.63, 3.8) is 0 Å². The normalized spacial score (nSPS) is 15.5. The second-order valence-electron chi connectivity index (χ2n) is 5.38. The number of pyridine rings is 1. The van der Waals surface area contributed by atoms with Crippen molar-refractivity contribution in [1.82, 2.24) is 14.7 Å². The quantitative estimate of drug-likeness (QED) is 0.781. The number of nitrogens with one attached hydrogen (secondary N) is 1. The van der Waals surface area contributed by atoms with Crippen molar-refractivity contribution in [2.75, 3.05) is 31.1 Å². The van der Waals surface area contributed by atoms with Gasteiger partial charge in [0.2, 0.25) is 0 Å². The minimum Gasteiger partial charge on any atom is -0.368 e. The van der Waals surface area contributed by atoms with Gasteiger partial charge in [0, 0.05) is 44.1 Å². The van der Waals surface area contributed by atoms with Crippen molar-refractivity contribution >= 4 is 11.3 Å². The van der Waals surface area contributed by atoms with Crippen molar-refractivity contribution in [3.05, 3.63) is 54.9 Å². The van der Waals surface area contributed by atoms with Crippen LogP contribution >= 0.6 is 0 Å². The van der Waals surface area contributed by atoms with Gasteiger partial charge in [-0.2, -0.15) is 0 Å². The van der Waals surface area contributed by atoms with Crippen LogP contribution in [0, 0.1) is 0 Å². The molecule has 3 heterocycles. The molecule has 3 aromatic rings.